The van der Waals surface area contributed by atoms with Crippen LogP contribution in [0.4, 0.5) is 0 Å². The molecule has 0 aromatic heterocycles. The second-order valence-corrected chi connectivity index (χ2v) is 7.49. The van der Waals surface area contributed by atoms with Crippen molar-refractivity contribution in [3.05, 3.63) is 67.8 Å². The Morgan fingerprint density at radius 2 is 1.43 bits per heavy atom. The second kappa shape index (κ2) is 11.6. The van der Waals surface area contributed by atoms with Gasteiger partial charge in [-0.15, -0.1) is 0 Å². The highest BCUT2D eigenvalue weighted by molar-refractivity contribution is 5.88. The van der Waals surface area contributed by atoms with E-state index in [1.54, 1.807) is 0 Å². The van der Waals surface area contributed by atoms with Crippen molar-refractivity contribution in [2.75, 3.05) is 6.61 Å². The van der Waals surface area contributed by atoms with Crippen molar-refractivity contribution in [3.8, 4) is 0 Å². The minimum Gasteiger partial charge on any atom is -0.550 e. The van der Waals surface area contributed by atoms with Crippen LogP contribution in [0.1, 0.15) is 19.8 Å². The first-order chi connectivity index (χ1) is 11.1. The third-order valence-corrected chi connectivity index (χ3v) is 5.12. The van der Waals surface area contributed by atoms with Gasteiger partial charge in [0.15, 0.2) is 7.14 Å². The lowest BCUT2D eigenvalue weighted by molar-refractivity contribution is -0.597. The highest BCUT2D eigenvalue weighted by Crippen LogP contribution is 1.86. The third kappa shape index (κ3) is 9.67. The molecule has 0 spiro atoms. The van der Waals surface area contributed by atoms with Gasteiger partial charge >= 0.3 is 27.2 Å². The lowest BCUT2D eigenvalue weighted by Crippen LogP contribution is -3.61. The quantitative estimate of drug-likeness (QED) is 0.334. The summed E-state index contributed by atoms with van der Waals surface area (Å²) < 4.78 is 7.40. The Morgan fingerprint density at radius 3 is 1.83 bits per heavy atom. The predicted octanol–water partition coefficient (Wildman–Crippen LogP) is -1.11. The van der Waals surface area contributed by atoms with E-state index in [9.17, 15) is 14.7 Å². The Kier molecular flexibility index (Phi) is 9.70. The summed E-state index contributed by atoms with van der Waals surface area (Å²) >= 11 is 0.0287. The second-order valence-electron chi connectivity index (χ2n) is 4.45. The molecule has 0 saturated carbocycles. The zero-order valence-corrected chi connectivity index (χ0v) is 15.1. The molecule has 0 radical (unpaired) electrons. The van der Waals surface area contributed by atoms with E-state index in [1.165, 1.54) is 7.14 Å². The van der Waals surface area contributed by atoms with Crippen molar-refractivity contribution >= 4 is 11.9 Å². The molecule has 2 rings (SSSR count). The monoisotopic (exact) mass is 426 g/mol. The van der Waals surface area contributed by atoms with Crippen molar-refractivity contribution in [2.45, 2.75) is 19.8 Å². The van der Waals surface area contributed by atoms with Crippen LogP contribution in [0.2, 0.25) is 0 Å². The molecule has 0 N–H and O–H groups in total. The Bertz CT molecular complexity index is 547. The van der Waals surface area contributed by atoms with Crippen LogP contribution in [0.15, 0.2) is 60.7 Å². The molecule has 0 aliphatic rings. The molecule has 0 heterocycles. The minimum absolute atomic E-state index is 0.0287. The summed E-state index contributed by atoms with van der Waals surface area (Å²) in [6, 6.07) is 21.4. The van der Waals surface area contributed by atoms with E-state index in [1.807, 2.05) is 6.92 Å². The van der Waals surface area contributed by atoms with E-state index in [2.05, 4.69) is 65.4 Å². The third-order valence-electron chi connectivity index (χ3n) is 2.44. The summed E-state index contributed by atoms with van der Waals surface area (Å²) in [4.78, 5) is 20.1. The van der Waals surface area contributed by atoms with Gasteiger partial charge in [-0.2, -0.15) is 0 Å². The molecule has 0 aliphatic heterocycles. The maximum absolute atomic E-state index is 10.4. The SMILES string of the molecule is CCCOC(=O)CC(=O)[O-].c1ccc([I+]c2ccccc2)cc1. The maximum atomic E-state index is 10.4. The first kappa shape index (κ1) is 19.2. The summed E-state index contributed by atoms with van der Waals surface area (Å²) in [5.41, 5.74) is 0. The number of carboxylic acid groups (broad SMARTS) is 1. The summed E-state index contributed by atoms with van der Waals surface area (Å²) in [5, 5.41) is 9.76. The van der Waals surface area contributed by atoms with Crippen LogP contribution in [0, 0.1) is 7.14 Å². The number of carboxylic acids is 1. The molecule has 2 aromatic rings. The molecule has 23 heavy (non-hydrogen) atoms. The molecular formula is C18H19IO4. The predicted molar refractivity (Wildman–Crippen MR) is 81.2 cm³/mol. The van der Waals surface area contributed by atoms with Gasteiger partial charge < -0.3 is 14.6 Å². The topological polar surface area (TPSA) is 66.4 Å². The number of halogens is 1. The summed E-state index contributed by atoms with van der Waals surface area (Å²) in [6.45, 7) is 2.10. The number of carbonyl (C=O) groups excluding carboxylic acids is 2. The van der Waals surface area contributed by atoms with E-state index in [0.29, 0.717) is 6.42 Å². The number of hydrogen-bond donors (Lipinski definition) is 0. The van der Waals surface area contributed by atoms with Gasteiger partial charge in [-0.05, 0) is 30.7 Å². The Hall–Kier alpha value is -1.89. The van der Waals surface area contributed by atoms with Crippen LogP contribution in [0.5, 0.6) is 0 Å². The highest BCUT2D eigenvalue weighted by Gasteiger charge is 2.12. The normalized spacial score (nSPS) is 9.43. The van der Waals surface area contributed by atoms with Crippen LogP contribution in [-0.2, 0) is 14.3 Å². The van der Waals surface area contributed by atoms with Gasteiger partial charge in [0.1, 0.15) is 0 Å². The minimum atomic E-state index is -1.40. The van der Waals surface area contributed by atoms with Crippen molar-refractivity contribution in [3.63, 3.8) is 0 Å². The number of rotatable bonds is 6. The molecule has 122 valence electrons. The number of aliphatic carboxylic acids is 1. The zero-order valence-electron chi connectivity index (χ0n) is 12.9. The Balaban J connectivity index is 0.000000241. The van der Waals surface area contributed by atoms with E-state index >= 15 is 0 Å². The summed E-state index contributed by atoms with van der Waals surface area (Å²) in [6.07, 6.45) is 0.0405. The van der Waals surface area contributed by atoms with Gasteiger partial charge in [-0.1, -0.05) is 43.3 Å². The summed E-state index contributed by atoms with van der Waals surface area (Å²) in [7, 11) is 0. The van der Waals surface area contributed by atoms with Crippen LogP contribution in [0.25, 0.3) is 0 Å². The van der Waals surface area contributed by atoms with Crippen molar-refractivity contribution in [1.29, 1.82) is 0 Å². The smallest absolute Gasteiger partial charge is 0.357 e. The molecule has 0 unspecified atom stereocenters. The number of benzene rings is 2. The van der Waals surface area contributed by atoms with Crippen molar-refractivity contribution in [2.24, 2.45) is 0 Å². The van der Waals surface area contributed by atoms with Gasteiger partial charge in [-0.3, -0.25) is 4.79 Å². The molecule has 4 nitrogen and oxygen atoms in total. The zero-order chi connectivity index (χ0) is 16.9. The van der Waals surface area contributed by atoms with Crippen LogP contribution in [-0.4, -0.2) is 18.5 Å². The fraction of sp³-hybridized carbons (Fsp3) is 0.222. The first-order valence-corrected chi connectivity index (χ1v) is 9.38. The molecule has 2 aromatic carbocycles. The van der Waals surface area contributed by atoms with Gasteiger partial charge in [0.25, 0.3) is 0 Å². The van der Waals surface area contributed by atoms with E-state index in [-0.39, 0.29) is 27.8 Å². The van der Waals surface area contributed by atoms with Gasteiger partial charge in [0.05, 0.1) is 19.0 Å². The number of esters is 1. The molecule has 0 amide bonds. The number of ether oxygens (including phenoxy) is 1. The average Bonchev–Trinajstić information content (AvgIpc) is 2.55. The molecule has 0 bridgehead atoms. The average molecular weight is 426 g/mol. The Morgan fingerprint density at radius 1 is 0.957 bits per heavy atom. The lowest BCUT2D eigenvalue weighted by Gasteiger charge is -2.02. The molecule has 0 atom stereocenters. The first-order valence-electron chi connectivity index (χ1n) is 7.22. The van der Waals surface area contributed by atoms with E-state index in [0.717, 1.165) is 0 Å². The van der Waals surface area contributed by atoms with Crippen LogP contribution >= 0.6 is 0 Å². The Labute approximate surface area is 146 Å². The van der Waals surface area contributed by atoms with Gasteiger partial charge in [-0.25, -0.2) is 0 Å². The fourth-order valence-corrected chi connectivity index (χ4v) is 3.73. The van der Waals surface area contributed by atoms with Crippen LogP contribution < -0.4 is 26.3 Å². The molecule has 0 fully saturated rings. The standard InChI is InChI=1S/C12H10I.C6H10O4/c1-3-7-11(8-4-1)13-12-9-5-2-6-10-12;1-2-3-10-6(9)4-5(7)8/h1-10H;2-4H2,1H3,(H,7,8)/q+1;/p-1. The number of carbonyl (C=O) groups is 2. The van der Waals surface area contributed by atoms with Crippen molar-refractivity contribution < 1.29 is 40.6 Å². The van der Waals surface area contributed by atoms with E-state index in [4.69, 9.17) is 0 Å². The number of hydrogen-bond acceptors (Lipinski definition) is 4. The van der Waals surface area contributed by atoms with Gasteiger partial charge in [0.2, 0.25) is 0 Å². The molecule has 5 heteroatoms. The largest absolute Gasteiger partial charge is 0.550 e. The maximum Gasteiger partial charge on any atom is 0.357 e. The molecule has 0 saturated heterocycles. The molecule has 0 aliphatic carbocycles. The fourth-order valence-electron chi connectivity index (χ4n) is 1.47. The summed E-state index contributed by atoms with van der Waals surface area (Å²) in [5.74, 6) is -2.14. The van der Waals surface area contributed by atoms with Gasteiger partial charge in [0, 0.05) is 0 Å². The van der Waals surface area contributed by atoms with E-state index < -0.39 is 18.4 Å². The van der Waals surface area contributed by atoms with Crippen molar-refractivity contribution in [1.82, 2.24) is 0 Å². The van der Waals surface area contributed by atoms with Crippen LogP contribution in [0.3, 0.4) is 0 Å². The lowest BCUT2D eigenvalue weighted by atomic mass is 10.4. The highest BCUT2D eigenvalue weighted by atomic mass is 127. The molecular weight excluding hydrogens is 407 g/mol.